The second kappa shape index (κ2) is 16.4. The van der Waals surface area contributed by atoms with Gasteiger partial charge in [0.05, 0.1) is 24.6 Å². The molecule has 3 heterocycles. The maximum atomic E-state index is 15.3. The van der Waals surface area contributed by atoms with Crippen molar-refractivity contribution < 1.29 is 23.5 Å². The third-order valence-corrected chi connectivity index (χ3v) is 9.95. The van der Waals surface area contributed by atoms with Crippen LogP contribution < -0.4 is 5.32 Å². The highest BCUT2D eigenvalue weighted by molar-refractivity contribution is 6.30. The SMILES string of the molecule is C[C@H](NC(=O)C1CN(C(=O)N(Cc2cccc(Cl)c2)Cc2cccc(Cl)c2)CCN1Cc1cncn1C)[C@](O)(Cn1cncn1)c1ccc(F)cc1F. The van der Waals surface area contributed by atoms with Gasteiger partial charge in [-0.05, 0) is 48.4 Å². The standard InChI is InChI=1S/C37H39Cl2F2N9O3/c1-25(37(53,21-50-24-43-22-44-50)32-10-9-30(40)15-33(32)41)45-35(51)34-20-48(12-11-47(34)19-31-16-42-23-46(31)2)36(52)49(17-26-5-3-7-28(38)13-26)18-27-6-4-8-29(39)14-27/h3-10,13-16,22-25,34,53H,11-12,17-21H2,1-2H3,(H,45,51)/t25-,34?,37+/m0/s1. The number of rotatable bonds is 12. The van der Waals surface area contributed by atoms with Gasteiger partial charge in [0.25, 0.3) is 0 Å². The van der Waals surface area contributed by atoms with Crippen molar-refractivity contribution in [2.24, 2.45) is 7.05 Å². The second-order valence-electron chi connectivity index (χ2n) is 13.2. The van der Waals surface area contributed by atoms with E-state index >= 15 is 4.39 Å². The highest BCUT2D eigenvalue weighted by atomic mass is 35.5. The van der Waals surface area contributed by atoms with Crippen LogP contribution in [0.5, 0.6) is 0 Å². The Morgan fingerprint density at radius 2 is 1.70 bits per heavy atom. The first-order chi connectivity index (χ1) is 25.4. The number of urea groups is 1. The summed E-state index contributed by atoms with van der Waals surface area (Å²) >= 11 is 12.6. The molecule has 53 heavy (non-hydrogen) atoms. The quantitative estimate of drug-likeness (QED) is 0.183. The van der Waals surface area contributed by atoms with Gasteiger partial charge in [-0.25, -0.2) is 28.2 Å². The number of carbonyl (C=O) groups excluding carboxylic acids is 2. The van der Waals surface area contributed by atoms with Crippen molar-refractivity contribution in [2.75, 3.05) is 19.6 Å². The Labute approximate surface area is 315 Å². The third-order valence-electron chi connectivity index (χ3n) is 9.48. The van der Waals surface area contributed by atoms with E-state index in [0.29, 0.717) is 35.7 Å². The minimum Gasteiger partial charge on any atom is -0.381 e. The van der Waals surface area contributed by atoms with Crippen LogP contribution in [-0.4, -0.2) is 87.8 Å². The zero-order valence-electron chi connectivity index (χ0n) is 29.1. The van der Waals surface area contributed by atoms with Crippen LogP contribution in [0.1, 0.15) is 29.3 Å². The lowest BCUT2D eigenvalue weighted by molar-refractivity contribution is -0.132. The van der Waals surface area contributed by atoms with E-state index in [1.54, 1.807) is 46.6 Å². The summed E-state index contributed by atoms with van der Waals surface area (Å²) in [5.41, 5.74) is 0.182. The molecule has 2 aromatic heterocycles. The second-order valence-corrected chi connectivity index (χ2v) is 14.1. The van der Waals surface area contributed by atoms with Crippen LogP contribution in [0.2, 0.25) is 10.0 Å². The largest absolute Gasteiger partial charge is 0.381 e. The number of imidazole rings is 1. The van der Waals surface area contributed by atoms with Crippen molar-refractivity contribution in [1.82, 2.24) is 44.3 Å². The number of hydrogen-bond donors (Lipinski definition) is 2. The van der Waals surface area contributed by atoms with Crippen LogP contribution in [0.15, 0.2) is 91.9 Å². The summed E-state index contributed by atoms with van der Waals surface area (Å²) in [6, 6.07) is 15.1. The number of aromatic nitrogens is 5. The lowest BCUT2D eigenvalue weighted by Gasteiger charge is -2.43. The highest BCUT2D eigenvalue weighted by Crippen LogP contribution is 2.31. The Morgan fingerprint density at radius 1 is 1.00 bits per heavy atom. The fourth-order valence-electron chi connectivity index (χ4n) is 6.57. The number of nitrogens with one attached hydrogen (secondary N) is 1. The third kappa shape index (κ3) is 9.02. The zero-order chi connectivity index (χ0) is 37.7. The molecular weight excluding hydrogens is 727 g/mol. The van der Waals surface area contributed by atoms with E-state index in [1.165, 1.54) is 24.3 Å². The minimum absolute atomic E-state index is 0.00322. The molecule has 278 valence electrons. The molecule has 0 saturated carbocycles. The van der Waals surface area contributed by atoms with Gasteiger partial charge >= 0.3 is 6.03 Å². The van der Waals surface area contributed by atoms with E-state index in [0.717, 1.165) is 29.0 Å². The van der Waals surface area contributed by atoms with Crippen molar-refractivity contribution in [3.63, 3.8) is 0 Å². The van der Waals surface area contributed by atoms with Crippen LogP contribution in [0, 0.1) is 11.6 Å². The maximum absolute atomic E-state index is 15.3. The van der Waals surface area contributed by atoms with Gasteiger partial charge < -0.3 is 24.8 Å². The summed E-state index contributed by atoms with van der Waals surface area (Å²) in [6.07, 6.45) is 5.98. The molecule has 0 bridgehead atoms. The van der Waals surface area contributed by atoms with Gasteiger partial charge in [-0.3, -0.25) is 9.69 Å². The van der Waals surface area contributed by atoms with E-state index in [1.807, 2.05) is 40.8 Å². The lowest BCUT2D eigenvalue weighted by atomic mass is 9.86. The molecule has 3 atom stereocenters. The Bertz CT molecular complexity index is 2000. The predicted molar refractivity (Wildman–Crippen MR) is 194 cm³/mol. The van der Waals surface area contributed by atoms with Gasteiger partial charge in [-0.2, -0.15) is 5.10 Å². The van der Waals surface area contributed by atoms with E-state index < -0.39 is 35.2 Å². The summed E-state index contributed by atoms with van der Waals surface area (Å²) < 4.78 is 32.4. The molecule has 0 spiro atoms. The molecule has 12 nitrogen and oxygen atoms in total. The number of carbonyl (C=O) groups is 2. The highest BCUT2D eigenvalue weighted by Gasteiger charge is 2.43. The van der Waals surface area contributed by atoms with Crippen LogP contribution >= 0.6 is 23.2 Å². The van der Waals surface area contributed by atoms with E-state index in [9.17, 15) is 19.1 Å². The number of hydrogen-bond acceptors (Lipinski definition) is 7. The molecule has 0 aliphatic carbocycles. The molecule has 3 aromatic carbocycles. The average molecular weight is 767 g/mol. The summed E-state index contributed by atoms with van der Waals surface area (Å²) in [7, 11) is 1.85. The van der Waals surface area contributed by atoms with Gasteiger partial charge in [0.1, 0.15) is 35.9 Å². The van der Waals surface area contributed by atoms with Crippen LogP contribution in [-0.2, 0) is 43.6 Å². The number of aryl methyl sites for hydroxylation is 1. The van der Waals surface area contributed by atoms with E-state index in [4.69, 9.17) is 23.2 Å². The van der Waals surface area contributed by atoms with E-state index in [-0.39, 0.29) is 37.8 Å². The average Bonchev–Trinajstić information content (AvgIpc) is 3.78. The first kappa shape index (κ1) is 37.9. The Morgan fingerprint density at radius 3 is 2.28 bits per heavy atom. The maximum Gasteiger partial charge on any atom is 0.320 e. The fourth-order valence-corrected chi connectivity index (χ4v) is 6.99. The number of aliphatic hydroxyl groups is 1. The Balaban J connectivity index is 1.28. The molecule has 1 fully saturated rings. The molecule has 1 saturated heterocycles. The monoisotopic (exact) mass is 765 g/mol. The molecule has 1 aliphatic heterocycles. The molecule has 5 aromatic rings. The van der Waals surface area contributed by atoms with Gasteiger partial charge in [0.15, 0.2) is 0 Å². The number of amides is 3. The van der Waals surface area contributed by atoms with Gasteiger partial charge in [0.2, 0.25) is 5.91 Å². The molecule has 1 unspecified atom stereocenters. The van der Waals surface area contributed by atoms with Crippen LogP contribution in [0.25, 0.3) is 0 Å². The first-order valence-electron chi connectivity index (χ1n) is 16.9. The van der Waals surface area contributed by atoms with Crippen molar-refractivity contribution in [1.29, 1.82) is 0 Å². The van der Waals surface area contributed by atoms with Crippen molar-refractivity contribution in [2.45, 2.75) is 50.8 Å². The van der Waals surface area contributed by atoms with Crippen molar-refractivity contribution >= 4 is 35.1 Å². The number of nitrogens with zero attached hydrogens (tertiary/aromatic N) is 8. The topological polar surface area (TPSA) is 125 Å². The summed E-state index contributed by atoms with van der Waals surface area (Å²) in [6.45, 7) is 2.72. The normalized spacial score (nSPS) is 16.6. The Kier molecular flexibility index (Phi) is 11.7. The zero-order valence-corrected chi connectivity index (χ0v) is 30.6. The lowest BCUT2D eigenvalue weighted by Crippen LogP contribution is -2.63. The molecule has 6 rings (SSSR count). The molecule has 16 heteroatoms. The van der Waals surface area contributed by atoms with Gasteiger partial charge in [0, 0.05) is 74.2 Å². The van der Waals surface area contributed by atoms with E-state index in [2.05, 4.69) is 20.4 Å². The van der Waals surface area contributed by atoms with Crippen molar-refractivity contribution in [3.8, 4) is 0 Å². The number of benzene rings is 3. The molecule has 2 N–H and O–H groups in total. The molecule has 3 amide bonds. The molecule has 0 radical (unpaired) electrons. The smallest absolute Gasteiger partial charge is 0.320 e. The van der Waals surface area contributed by atoms with Gasteiger partial charge in [-0.15, -0.1) is 0 Å². The number of halogens is 4. The Hall–Kier alpha value is -4.89. The van der Waals surface area contributed by atoms with Crippen LogP contribution in [0.4, 0.5) is 13.6 Å². The van der Waals surface area contributed by atoms with Gasteiger partial charge in [-0.1, -0.05) is 53.5 Å². The van der Waals surface area contributed by atoms with Crippen molar-refractivity contribution in [3.05, 3.63) is 136 Å². The molecule has 1 aliphatic rings. The van der Waals surface area contributed by atoms with Crippen LogP contribution in [0.3, 0.4) is 0 Å². The summed E-state index contributed by atoms with van der Waals surface area (Å²) in [5, 5.41) is 20.1. The number of piperazine rings is 1. The minimum atomic E-state index is -2.08. The first-order valence-corrected chi connectivity index (χ1v) is 17.7. The summed E-state index contributed by atoms with van der Waals surface area (Å²) in [5.74, 6) is -2.31. The summed E-state index contributed by atoms with van der Waals surface area (Å²) in [4.78, 5) is 42.2. The molecular formula is C37H39Cl2F2N9O3. The predicted octanol–water partition coefficient (Wildman–Crippen LogP) is 5.00. The fraction of sp³-hybridized carbons (Fsp3) is 0.324.